The van der Waals surface area contributed by atoms with Crippen LogP contribution < -0.4 is 0 Å². The highest BCUT2D eigenvalue weighted by Crippen LogP contribution is 2.33. The fourth-order valence-electron chi connectivity index (χ4n) is 1.14. The van der Waals surface area contributed by atoms with E-state index in [1.807, 2.05) is 12.1 Å². The molecule has 0 saturated heterocycles. The van der Waals surface area contributed by atoms with Crippen molar-refractivity contribution in [2.24, 2.45) is 5.92 Å². The standard InChI is InChI=1S/C8H17NO/c1-4-5-10-9(3)8-6-7(8)2/h7-8H,4-6H2,1-3H3. The molecule has 60 valence electrons. The summed E-state index contributed by atoms with van der Waals surface area (Å²) in [4.78, 5) is 5.42. The van der Waals surface area contributed by atoms with Crippen LogP contribution in [0.3, 0.4) is 0 Å². The maximum absolute atomic E-state index is 5.42. The first-order valence-corrected chi connectivity index (χ1v) is 4.11. The number of hydroxylamine groups is 2. The average Bonchev–Trinajstić information content (AvgIpc) is 2.62. The molecule has 0 spiro atoms. The summed E-state index contributed by atoms with van der Waals surface area (Å²) in [5.41, 5.74) is 0. The van der Waals surface area contributed by atoms with E-state index < -0.39 is 0 Å². The number of rotatable bonds is 4. The molecule has 1 fully saturated rings. The lowest BCUT2D eigenvalue weighted by Gasteiger charge is -2.15. The van der Waals surface area contributed by atoms with Crippen molar-refractivity contribution >= 4 is 0 Å². The first-order valence-electron chi connectivity index (χ1n) is 4.11. The van der Waals surface area contributed by atoms with E-state index in [0.29, 0.717) is 6.04 Å². The summed E-state index contributed by atoms with van der Waals surface area (Å²) < 4.78 is 0. The first-order chi connectivity index (χ1) is 4.75. The van der Waals surface area contributed by atoms with E-state index >= 15 is 0 Å². The van der Waals surface area contributed by atoms with Crippen molar-refractivity contribution in [1.29, 1.82) is 0 Å². The van der Waals surface area contributed by atoms with Crippen molar-refractivity contribution in [2.45, 2.75) is 32.7 Å². The zero-order chi connectivity index (χ0) is 7.56. The van der Waals surface area contributed by atoms with Crippen LogP contribution in [-0.4, -0.2) is 24.8 Å². The smallest absolute Gasteiger partial charge is 0.0682 e. The molecule has 2 nitrogen and oxygen atoms in total. The molecule has 0 aliphatic heterocycles. The Morgan fingerprint density at radius 3 is 2.60 bits per heavy atom. The summed E-state index contributed by atoms with van der Waals surface area (Å²) in [7, 11) is 2.03. The van der Waals surface area contributed by atoms with Gasteiger partial charge in [0, 0.05) is 13.1 Å². The summed E-state index contributed by atoms with van der Waals surface area (Å²) >= 11 is 0. The fourth-order valence-corrected chi connectivity index (χ4v) is 1.14. The van der Waals surface area contributed by atoms with E-state index in [0.717, 1.165) is 18.9 Å². The Morgan fingerprint density at radius 1 is 1.60 bits per heavy atom. The number of hydrogen-bond acceptors (Lipinski definition) is 2. The van der Waals surface area contributed by atoms with Crippen molar-refractivity contribution in [2.75, 3.05) is 13.7 Å². The third kappa shape index (κ3) is 1.96. The Labute approximate surface area is 63.1 Å². The third-order valence-corrected chi connectivity index (χ3v) is 2.03. The first kappa shape index (κ1) is 8.02. The van der Waals surface area contributed by atoms with Gasteiger partial charge in [0.05, 0.1) is 6.61 Å². The molecule has 0 bridgehead atoms. The summed E-state index contributed by atoms with van der Waals surface area (Å²) in [6.45, 7) is 5.25. The molecule has 0 aromatic heterocycles. The van der Waals surface area contributed by atoms with Crippen molar-refractivity contribution < 1.29 is 4.84 Å². The lowest BCUT2D eigenvalue weighted by molar-refractivity contribution is -0.148. The molecule has 2 heteroatoms. The second-order valence-corrected chi connectivity index (χ2v) is 3.16. The highest BCUT2D eigenvalue weighted by Gasteiger charge is 2.36. The zero-order valence-electron chi connectivity index (χ0n) is 7.13. The van der Waals surface area contributed by atoms with E-state index in [-0.39, 0.29) is 0 Å². The molecule has 1 aliphatic rings. The van der Waals surface area contributed by atoms with Crippen LogP contribution in [0.5, 0.6) is 0 Å². The summed E-state index contributed by atoms with van der Waals surface area (Å²) in [6.07, 6.45) is 2.41. The minimum atomic E-state index is 0.701. The number of hydrogen-bond donors (Lipinski definition) is 0. The molecule has 2 atom stereocenters. The Balaban J connectivity index is 2.04. The molecular formula is C8H17NO. The second-order valence-electron chi connectivity index (χ2n) is 3.16. The van der Waals surface area contributed by atoms with Gasteiger partial charge in [-0.1, -0.05) is 13.8 Å². The zero-order valence-corrected chi connectivity index (χ0v) is 7.13. The predicted octanol–water partition coefficient (Wildman–Crippen LogP) is 1.67. The van der Waals surface area contributed by atoms with E-state index in [1.165, 1.54) is 6.42 Å². The van der Waals surface area contributed by atoms with Gasteiger partial charge >= 0.3 is 0 Å². The van der Waals surface area contributed by atoms with Gasteiger partial charge in [0.15, 0.2) is 0 Å². The normalized spacial score (nSPS) is 31.2. The highest BCUT2D eigenvalue weighted by molar-refractivity contribution is 4.87. The molecular weight excluding hydrogens is 126 g/mol. The van der Waals surface area contributed by atoms with Crippen molar-refractivity contribution in [1.82, 2.24) is 5.06 Å². The Kier molecular flexibility index (Phi) is 2.69. The summed E-state index contributed by atoms with van der Waals surface area (Å²) in [5, 5.41) is 2.01. The maximum Gasteiger partial charge on any atom is 0.0682 e. The quantitative estimate of drug-likeness (QED) is 0.555. The van der Waals surface area contributed by atoms with E-state index in [4.69, 9.17) is 4.84 Å². The van der Waals surface area contributed by atoms with E-state index in [2.05, 4.69) is 13.8 Å². The Bertz CT molecular complexity index is 105. The second kappa shape index (κ2) is 3.35. The molecule has 1 aliphatic carbocycles. The van der Waals surface area contributed by atoms with Crippen LogP contribution in [0.4, 0.5) is 0 Å². The summed E-state index contributed by atoms with van der Waals surface area (Å²) in [6, 6.07) is 0.701. The van der Waals surface area contributed by atoms with Crippen molar-refractivity contribution in [3.8, 4) is 0 Å². The van der Waals surface area contributed by atoms with E-state index in [9.17, 15) is 0 Å². The topological polar surface area (TPSA) is 12.5 Å². The third-order valence-electron chi connectivity index (χ3n) is 2.03. The van der Waals surface area contributed by atoms with Gasteiger partial charge in [0.2, 0.25) is 0 Å². The van der Waals surface area contributed by atoms with Crippen LogP contribution in [-0.2, 0) is 4.84 Å². The average molecular weight is 143 g/mol. The van der Waals surface area contributed by atoms with Gasteiger partial charge in [0.1, 0.15) is 0 Å². The minimum absolute atomic E-state index is 0.701. The van der Waals surface area contributed by atoms with Gasteiger partial charge in [-0.15, -0.1) is 0 Å². The maximum atomic E-state index is 5.42. The monoisotopic (exact) mass is 143 g/mol. The van der Waals surface area contributed by atoms with E-state index in [1.54, 1.807) is 0 Å². The van der Waals surface area contributed by atoms with Gasteiger partial charge in [-0.25, -0.2) is 0 Å². The van der Waals surface area contributed by atoms with Gasteiger partial charge in [-0.2, -0.15) is 5.06 Å². The fraction of sp³-hybridized carbons (Fsp3) is 1.00. The van der Waals surface area contributed by atoms with Crippen LogP contribution in [0.25, 0.3) is 0 Å². The molecule has 0 N–H and O–H groups in total. The van der Waals surface area contributed by atoms with Crippen LogP contribution in [0.1, 0.15) is 26.7 Å². The summed E-state index contributed by atoms with van der Waals surface area (Å²) in [5.74, 6) is 0.849. The highest BCUT2D eigenvalue weighted by atomic mass is 16.7. The van der Waals surface area contributed by atoms with Gasteiger partial charge in [-0.3, -0.25) is 4.84 Å². The molecule has 2 unspecified atom stereocenters. The van der Waals surface area contributed by atoms with Crippen molar-refractivity contribution in [3.05, 3.63) is 0 Å². The lowest BCUT2D eigenvalue weighted by Crippen LogP contribution is -2.22. The Hall–Kier alpha value is -0.0800. The molecule has 0 aromatic rings. The van der Waals surface area contributed by atoms with Crippen LogP contribution in [0.2, 0.25) is 0 Å². The molecule has 0 radical (unpaired) electrons. The minimum Gasteiger partial charge on any atom is -0.299 e. The molecule has 0 aromatic carbocycles. The van der Waals surface area contributed by atoms with Crippen LogP contribution in [0, 0.1) is 5.92 Å². The Morgan fingerprint density at radius 2 is 2.20 bits per heavy atom. The van der Waals surface area contributed by atoms with Gasteiger partial charge in [0.25, 0.3) is 0 Å². The molecule has 10 heavy (non-hydrogen) atoms. The van der Waals surface area contributed by atoms with Crippen molar-refractivity contribution in [3.63, 3.8) is 0 Å². The SMILES string of the molecule is CCCON(C)C1CC1C. The lowest BCUT2D eigenvalue weighted by atomic mass is 10.5. The van der Waals surface area contributed by atoms with Gasteiger partial charge in [-0.05, 0) is 18.8 Å². The molecule has 1 saturated carbocycles. The number of nitrogens with zero attached hydrogens (tertiary/aromatic N) is 1. The predicted molar refractivity (Wildman–Crippen MR) is 41.6 cm³/mol. The van der Waals surface area contributed by atoms with Gasteiger partial charge < -0.3 is 0 Å². The van der Waals surface area contributed by atoms with Crippen LogP contribution in [0.15, 0.2) is 0 Å². The molecule has 0 amide bonds. The van der Waals surface area contributed by atoms with Crippen LogP contribution >= 0.6 is 0 Å². The largest absolute Gasteiger partial charge is 0.299 e. The molecule has 0 heterocycles. The molecule has 1 rings (SSSR count).